The summed E-state index contributed by atoms with van der Waals surface area (Å²) < 4.78 is 5.55. The third-order valence-corrected chi connectivity index (χ3v) is 19.1. The zero-order valence-electron chi connectivity index (χ0n) is 61.8. The maximum atomic E-state index is 15.4. The smallest absolute Gasteiger partial charge is 0.245 e. The number of amides is 11. The number of fused-ring (bicyclic) bond motifs is 1. The van der Waals surface area contributed by atoms with Crippen molar-refractivity contribution >= 4 is 99.0 Å². The molecule has 6 aromatic carbocycles. The van der Waals surface area contributed by atoms with Crippen LogP contribution in [0.5, 0.6) is 0 Å². The SMILES string of the molecule is CC(=O)Nc1ccc(C[C@@H](NC(=O)[C@H](Cc2ccc(CN3CCOCC3)cc2)NC(=O)[C@H](CO)NC(=O)[C@@H](Cc2ccccc2)NC(=O)[C@@H](Cc2ccc(Cl)cc2)NC(=O)[C@H](N)Cc2cccc3ccccc23)C(=O)N[C@@H](CC(C)C)C(=O)N[C@@H](CCCNC(=N)N)C(=O)N2CCC[C@H]2C(=O)N[C@H](C)C(N)=O)cc1. The molecule has 0 bridgehead atoms. The van der Waals surface area contributed by atoms with Crippen molar-refractivity contribution in [1.29, 1.82) is 5.41 Å². The van der Waals surface area contributed by atoms with E-state index in [4.69, 9.17) is 38.9 Å². The molecule has 0 radical (unpaired) electrons. The van der Waals surface area contributed by atoms with Gasteiger partial charge in [-0.15, -0.1) is 0 Å². The Bertz CT molecular complexity index is 4130. The van der Waals surface area contributed by atoms with E-state index in [1.54, 1.807) is 105 Å². The number of rotatable bonds is 38. The number of aliphatic hydroxyl groups excluding tert-OH is 1. The van der Waals surface area contributed by atoms with E-state index in [9.17, 15) is 48.3 Å². The molecule has 30 heteroatoms. The van der Waals surface area contributed by atoms with E-state index in [0.29, 0.717) is 72.2 Å². The van der Waals surface area contributed by atoms with Gasteiger partial charge < -0.3 is 85.1 Å². The summed E-state index contributed by atoms with van der Waals surface area (Å²) in [5.41, 5.74) is 22.0. The number of primary amides is 1. The Morgan fingerprint density at radius 1 is 0.550 bits per heavy atom. The van der Waals surface area contributed by atoms with Crippen LogP contribution in [0.2, 0.25) is 5.02 Å². The van der Waals surface area contributed by atoms with Crippen LogP contribution in [0.1, 0.15) is 93.2 Å². The van der Waals surface area contributed by atoms with Gasteiger partial charge in [0.15, 0.2) is 5.96 Å². The molecule has 10 atom stereocenters. The molecule has 2 fully saturated rings. The molecule has 2 aliphatic rings. The van der Waals surface area contributed by atoms with E-state index < -0.39 is 126 Å². The molecule has 109 heavy (non-hydrogen) atoms. The Morgan fingerprint density at radius 2 is 1.03 bits per heavy atom. The lowest BCUT2D eigenvalue weighted by molar-refractivity contribution is -0.142. The zero-order valence-corrected chi connectivity index (χ0v) is 62.5. The second kappa shape index (κ2) is 41.5. The van der Waals surface area contributed by atoms with E-state index in [-0.39, 0.29) is 88.7 Å². The normalized spacial score (nSPS) is 16.1. The topological polar surface area (TPSA) is 446 Å². The molecule has 29 nitrogen and oxygen atoms in total. The third kappa shape index (κ3) is 26.2. The van der Waals surface area contributed by atoms with E-state index in [2.05, 4.69) is 58.1 Å². The predicted octanol–water partition coefficient (Wildman–Crippen LogP) is 1.80. The first-order valence-electron chi connectivity index (χ1n) is 36.7. The minimum atomic E-state index is -1.79. The Labute approximate surface area is 638 Å². The van der Waals surface area contributed by atoms with Crippen molar-refractivity contribution in [2.75, 3.05) is 51.3 Å². The number of anilines is 1. The molecular weight excluding hydrogens is 1420 g/mol. The van der Waals surface area contributed by atoms with Crippen LogP contribution in [0.25, 0.3) is 10.8 Å². The molecular formula is C79H101ClN16O13. The fourth-order valence-electron chi connectivity index (χ4n) is 13.0. The predicted molar refractivity (Wildman–Crippen MR) is 412 cm³/mol. The van der Waals surface area contributed by atoms with Crippen LogP contribution in [0.15, 0.2) is 146 Å². The second-order valence-electron chi connectivity index (χ2n) is 28.0. The summed E-state index contributed by atoms with van der Waals surface area (Å²) in [6.07, 6.45) is 0.280. The average Bonchev–Trinajstić information content (AvgIpc) is 1.78. The fraction of sp³-hybridized carbons (Fsp3) is 0.418. The lowest BCUT2D eigenvalue weighted by atomic mass is 9.98. The molecule has 0 aliphatic carbocycles. The highest BCUT2D eigenvalue weighted by molar-refractivity contribution is 6.30. The number of ether oxygens (including phenoxy) is 1. The van der Waals surface area contributed by atoms with E-state index in [1.807, 2.05) is 54.6 Å². The largest absolute Gasteiger partial charge is 0.394 e. The van der Waals surface area contributed by atoms with Gasteiger partial charge in [0, 0.05) is 76.0 Å². The van der Waals surface area contributed by atoms with Gasteiger partial charge in [-0.3, -0.25) is 63.0 Å². The van der Waals surface area contributed by atoms with Crippen molar-refractivity contribution in [3.8, 4) is 0 Å². The average molecular weight is 1520 g/mol. The van der Waals surface area contributed by atoms with Crippen LogP contribution in [-0.2, 0) is 96.1 Å². The standard InChI is InChI=1S/C79H101ClN16O13/c1-47(2)39-62(71(101)88-61(19-11-33-85-79(83)84)78(108)96-34-12-20-68(96)77(107)86-48(3)69(82)99)90-73(103)65(43-53-27-31-58(32-28-53)87-49(4)98)92-74(104)66(41-51-21-23-54(24-22-51)45-95-35-37-109-38-36-95)93-76(106)67(46-97)94-75(105)64(40-50-13-6-5-7-14-50)91-72(102)63(42-52-25-29-57(80)30-26-52)89-70(100)60(81)44-56-17-10-16-55-15-8-9-18-59(55)56/h5-10,13-18,21-32,47-48,60-68,97H,11-12,19-20,33-46,81H2,1-4H3,(H2,82,99)(H,86,107)(H,87,98)(H,88,101)(H,89,100)(H,90,103)(H,91,102)(H,92,104)(H,93,106)(H,94,105)(H4,83,84,85)/t48-,60-,61+,62+,63-,64-,65-,66+,67+,68+/m1/s1. The molecule has 8 rings (SSSR count). The van der Waals surface area contributed by atoms with Gasteiger partial charge in [0.25, 0.3) is 0 Å². The first-order valence-corrected chi connectivity index (χ1v) is 37.0. The van der Waals surface area contributed by atoms with Crippen molar-refractivity contribution in [2.24, 2.45) is 23.1 Å². The molecule has 6 aromatic rings. The lowest BCUT2D eigenvalue weighted by Gasteiger charge is -2.31. The van der Waals surface area contributed by atoms with Crippen molar-refractivity contribution in [3.63, 3.8) is 0 Å². The first kappa shape index (κ1) is 83.8. The third-order valence-electron chi connectivity index (χ3n) is 18.9. The number of likely N-dealkylation sites (tertiary alicyclic amines) is 1. The Hall–Kier alpha value is -10.8. The van der Waals surface area contributed by atoms with Gasteiger partial charge >= 0.3 is 0 Å². The van der Waals surface area contributed by atoms with E-state index in [0.717, 1.165) is 21.9 Å². The second-order valence-corrected chi connectivity index (χ2v) is 28.4. The molecule has 11 amide bonds. The number of carbonyl (C=O) groups is 11. The fourth-order valence-corrected chi connectivity index (χ4v) is 13.1. The van der Waals surface area contributed by atoms with Gasteiger partial charge in [-0.1, -0.05) is 147 Å². The van der Waals surface area contributed by atoms with Gasteiger partial charge in [-0.25, -0.2) is 0 Å². The molecule has 18 N–H and O–H groups in total. The van der Waals surface area contributed by atoms with Gasteiger partial charge in [0.1, 0.15) is 54.4 Å². The summed E-state index contributed by atoms with van der Waals surface area (Å²) in [6.45, 7) is 8.74. The molecule has 582 valence electrons. The van der Waals surface area contributed by atoms with Crippen LogP contribution in [0, 0.1) is 11.3 Å². The van der Waals surface area contributed by atoms with Crippen molar-refractivity contribution in [1.82, 2.24) is 57.7 Å². The number of hydrogen-bond acceptors (Lipinski definition) is 16. The van der Waals surface area contributed by atoms with Crippen molar-refractivity contribution < 1.29 is 62.6 Å². The van der Waals surface area contributed by atoms with Gasteiger partial charge in [-0.05, 0) is 120 Å². The molecule has 0 saturated carbocycles. The number of guanidine groups is 1. The number of nitrogens with one attached hydrogen (secondary N) is 11. The molecule has 2 aliphatic heterocycles. The number of halogens is 1. The van der Waals surface area contributed by atoms with Crippen LogP contribution in [0.4, 0.5) is 5.69 Å². The number of aliphatic hydroxyl groups is 1. The summed E-state index contributed by atoms with van der Waals surface area (Å²) in [5.74, 6) is -9.03. The monoisotopic (exact) mass is 1520 g/mol. The molecule has 0 unspecified atom stereocenters. The number of carbonyl (C=O) groups excluding carboxylic acids is 11. The van der Waals surface area contributed by atoms with Crippen molar-refractivity contribution in [3.05, 3.63) is 184 Å². The van der Waals surface area contributed by atoms with Crippen LogP contribution >= 0.6 is 11.6 Å². The molecule has 2 saturated heterocycles. The highest BCUT2D eigenvalue weighted by Gasteiger charge is 2.40. The summed E-state index contributed by atoms with van der Waals surface area (Å²) in [5, 5.41) is 48.4. The number of nitrogens with two attached hydrogens (primary N) is 3. The summed E-state index contributed by atoms with van der Waals surface area (Å²) in [7, 11) is 0. The van der Waals surface area contributed by atoms with Crippen LogP contribution in [0.3, 0.4) is 0 Å². The van der Waals surface area contributed by atoms with E-state index >= 15 is 9.59 Å². The minimum Gasteiger partial charge on any atom is -0.394 e. The Kier molecular flexibility index (Phi) is 31.9. The molecule has 0 aromatic heterocycles. The van der Waals surface area contributed by atoms with E-state index in [1.165, 1.54) is 18.7 Å². The van der Waals surface area contributed by atoms with Crippen LogP contribution in [-0.4, -0.2) is 192 Å². The van der Waals surface area contributed by atoms with Crippen LogP contribution < -0.4 is 70.4 Å². The van der Waals surface area contributed by atoms with Gasteiger partial charge in [0.2, 0.25) is 65.0 Å². The van der Waals surface area contributed by atoms with Gasteiger partial charge in [-0.2, -0.15) is 0 Å². The summed E-state index contributed by atoms with van der Waals surface area (Å²) >= 11 is 6.26. The lowest BCUT2D eigenvalue weighted by Crippen LogP contribution is -2.61. The summed E-state index contributed by atoms with van der Waals surface area (Å²) in [6, 6.07) is 28.8. The maximum absolute atomic E-state index is 15.4. The zero-order chi connectivity index (χ0) is 78.7. The Balaban J connectivity index is 1.07. The molecule has 0 spiro atoms. The highest BCUT2D eigenvalue weighted by atomic mass is 35.5. The number of morpholine rings is 1. The number of hydrogen-bond donors (Lipinski definition) is 15. The summed E-state index contributed by atoms with van der Waals surface area (Å²) in [4.78, 5) is 160. The Morgan fingerprint density at radius 3 is 1.58 bits per heavy atom. The number of benzene rings is 6. The minimum absolute atomic E-state index is 0.00299. The van der Waals surface area contributed by atoms with Crippen molar-refractivity contribution in [2.45, 2.75) is 159 Å². The number of nitrogens with zero attached hydrogens (tertiary/aromatic N) is 2. The maximum Gasteiger partial charge on any atom is 0.245 e. The highest BCUT2D eigenvalue weighted by Crippen LogP contribution is 2.24. The first-order chi connectivity index (χ1) is 52.2. The molecule has 2 heterocycles. The quantitative estimate of drug-likeness (QED) is 0.0149. The van der Waals surface area contributed by atoms with Gasteiger partial charge in [0.05, 0.1) is 25.9 Å².